The molecular weight excluding hydrogens is 214 g/mol. The highest BCUT2D eigenvalue weighted by Gasteiger charge is 2.15. The summed E-state index contributed by atoms with van der Waals surface area (Å²) in [7, 11) is 1.43. The Bertz CT molecular complexity index is 384. The SMILES string of the molecule is COC(=O)Cc1cccc(C2CCCNC2)c1. The van der Waals surface area contributed by atoms with Crippen LogP contribution in [0, 0.1) is 0 Å². The summed E-state index contributed by atoms with van der Waals surface area (Å²) < 4.78 is 4.69. The predicted molar refractivity (Wildman–Crippen MR) is 67.0 cm³/mol. The zero-order valence-electron chi connectivity index (χ0n) is 10.2. The largest absolute Gasteiger partial charge is 0.469 e. The van der Waals surface area contributed by atoms with Crippen LogP contribution in [0.4, 0.5) is 0 Å². The predicted octanol–water partition coefficient (Wildman–Crippen LogP) is 1.87. The van der Waals surface area contributed by atoms with E-state index in [1.54, 1.807) is 0 Å². The normalized spacial score (nSPS) is 19.9. The van der Waals surface area contributed by atoms with Gasteiger partial charge in [-0.2, -0.15) is 0 Å². The van der Waals surface area contributed by atoms with Gasteiger partial charge in [-0.25, -0.2) is 0 Å². The number of benzene rings is 1. The van der Waals surface area contributed by atoms with Crippen molar-refractivity contribution in [2.75, 3.05) is 20.2 Å². The first-order chi connectivity index (χ1) is 8.29. The number of methoxy groups -OCH3 is 1. The van der Waals surface area contributed by atoms with E-state index >= 15 is 0 Å². The van der Waals surface area contributed by atoms with Gasteiger partial charge in [0, 0.05) is 6.54 Å². The number of ether oxygens (including phenoxy) is 1. The zero-order valence-corrected chi connectivity index (χ0v) is 10.2. The average molecular weight is 233 g/mol. The van der Waals surface area contributed by atoms with Crippen LogP contribution in [0.1, 0.15) is 29.9 Å². The van der Waals surface area contributed by atoms with E-state index in [0.29, 0.717) is 12.3 Å². The second kappa shape index (κ2) is 5.82. The van der Waals surface area contributed by atoms with Crippen LogP contribution in [0.2, 0.25) is 0 Å². The van der Waals surface area contributed by atoms with Gasteiger partial charge in [0.15, 0.2) is 0 Å². The van der Waals surface area contributed by atoms with Crippen LogP contribution >= 0.6 is 0 Å². The number of carbonyl (C=O) groups is 1. The van der Waals surface area contributed by atoms with Gasteiger partial charge in [0.05, 0.1) is 13.5 Å². The summed E-state index contributed by atoms with van der Waals surface area (Å²) >= 11 is 0. The van der Waals surface area contributed by atoms with Gasteiger partial charge in [-0.15, -0.1) is 0 Å². The molecule has 1 saturated heterocycles. The standard InChI is InChI=1S/C14H19NO2/c1-17-14(16)9-11-4-2-5-12(8-11)13-6-3-7-15-10-13/h2,4-5,8,13,15H,3,6-7,9-10H2,1H3. The number of esters is 1. The Balaban J connectivity index is 2.07. The minimum absolute atomic E-state index is 0.177. The monoisotopic (exact) mass is 233 g/mol. The highest BCUT2D eigenvalue weighted by atomic mass is 16.5. The molecular formula is C14H19NO2. The smallest absolute Gasteiger partial charge is 0.309 e. The maximum Gasteiger partial charge on any atom is 0.309 e. The van der Waals surface area contributed by atoms with Crippen molar-refractivity contribution >= 4 is 5.97 Å². The summed E-state index contributed by atoms with van der Waals surface area (Å²) in [5.41, 5.74) is 2.37. The minimum atomic E-state index is -0.177. The number of piperidine rings is 1. The first-order valence-electron chi connectivity index (χ1n) is 6.16. The Morgan fingerprint density at radius 2 is 2.41 bits per heavy atom. The molecule has 1 aromatic rings. The van der Waals surface area contributed by atoms with Crippen LogP contribution in [-0.2, 0) is 16.0 Å². The zero-order chi connectivity index (χ0) is 12.1. The number of rotatable bonds is 3. The summed E-state index contributed by atoms with van der Waals surface area (Å²) in [4.78, 5) is 11.2. The highest BCUT2D eigenvalue weighted by molar-refractivity contribution is 5.72. The van der Waals surface area contributed by atoms with Gasteiger partial charge in [0.2, 0.25) is 0 Å². The lowest BCUT2D eigenvalue weighted by molar-refractivity contribution is -0.139. The van der Waals surface area contributed by atoms with Crippen LogP contribution in [0.25, 0.3) is 0 Å². The van der Waals surface area contributed by atoms with E-state index in [9.17, 15) is 4.79 Å². The maximum atomic E-state index is 11.2. The van der Waals surface area contributed by atoms with Gasteiger partial charge in [-0.1, -0.05) is 24.3 Å². The van der Waals surface area contributed by atoms with Crippen molar-refractivity contribution in [1.82, 2.24) is 5.32 Å². The van der Waals surface area contributed by atoms with Crippen molar-refractivity contribution in [2.45, 2.75) is 25.2 Å². The van der Waals surface area contributed by atoms with E-state index in [1.807, 2.05) is 12.1 Å². The molecule has 0 spiro atoms. The number of hydrogen-bond donors (Lipinski definition) is 1. The molecule has 2 rings (SSSR count). The third-order valence-corrected chi connectivity index (χ3v) is 3.30. The first-order valence-corrected chi connectivity index (χ1v) is 6.16. The number of nitrogens with one attached hydrogen (secondary N) is 1. The lowest BCUT2D eigenvalue weighted by Gasteiger charge is -2.23. The Kier molecular flexibility index (Phi) is 4.15. The molecule has 0 saturated carbocycles. The second-order valence-corrected chi connectivity index (χ2v) is 4.54. The van der Waals surface area contributed by atoms with Crippen LogP contribution in [0.3, 0.4) is 0 Å². The van der Waals surface area contributed by atoms with Crippen LogP contribution in [0.15, 0.2) is 24.3 Å². The molecule has 17 heavy (non-hydrogen) atoms. The fourth-order valence-corrected chi connectivity index (χ4v) is 2.33. The topological polar surface area (TPSA) is 38.3 Å². The van der Waals surface area contributed by atoms with Gasteiger partial charge in [0.25, 0.3) is 0 Å². The van der Waals surface area contributed by atoms with Crippen molar-refractivity contribution < 1.29 is 9.53 Å². The molecule has 1 heterocycles. The Labute approximate surface area is 102 Å². The Hall–Kier alpha value is -1.35. The summed E-state index contributed by atoms with van der Waals surface area (Å²) in [6, 6.07) is 8.30. The van der Waals surface area contributed by atoms with E-state index in [1.165, 1.54) is 25.5 Å². The van der Waals surface area contributed by atoms with Crippen molar-refractivity contribution in [3.63, 3.8) is 0 Å². The van der Waals surface area contributed by atoms with E-state index in [0.717, 1.165) is 18.7 Å². The summed E-state index contributed by atoms with van der Waals surface area (Å²) in [6.07, 6.45) is 2.82. The minimum Gasteiger partial charge on any atom is -0.469 e. The van der Waals surface area contributed by atoms with Gasteiger partial charge in [-0.05, 0) is 36.4 Å². The maximum absolute atomic E-state index is 11.2. The summed E-state index contributed by atoms with van der Waals surface area (Å²) in [5.74, 6) is 0.408. The molecule has 0 bridgehead atoms. The molecule has 0 aromatic heterocycles. The van der Waals surface area contributed by atoms with Gasteiger partial charge < -0.3 is 10.1 Å². The van der Waals surface area contributed by atoms with Crippen LogP contribution < -0.4 is 5.32 Å². The van der Waals surface area contributed by atoms with Gasteiger partial charge in [0.1, 0.15) is 0 Å². The molecule has 0 aliphatic carbocycles. The molecule has 1 aliphatic heterocycles. The molecule has 3 nitrogen and oxygen atoms in total. The Morgan fingerprint density at radius 3 is 3.12 bits per heavy atom. The van der Waals surface area contributed by atoms with Crippen molar-refractivity contribution in [3.8, 4) is 0 Å². The molecule has 1 aromatic carbocycles. The second-order valence-electron chi connectivity index (χ2n) is 4.54. The van der Waals surface area contributed by atoms with Crippen LogP contribution in [-0.4, -0.2) is 26.2 Å². The van der Waals surface area contributed by atoms with Crippen molar-refractivity contribution in [3.05, 3.63) is 35.4 Å². The van der Waals surface area contributed by atoms with E-state index in [-0.39, 0.29) is 5.97 Å². The lowest BCUT2D eigenvalue weighted by atomic mass is 9.90. The van der Waals surface area contributed by atoms with E-state index in [4.69, 9.17) is 0 Å². The molecule has 3 heteroatoms. The van der Waals surface area contributed by atoms with Crippen molar-refractivity contribution in [2.24, 2.45) is 0 Å². The van der Waals surface area contributed by atoms with Gasteiger partial charge in [-0.3, -0.25) is 4.79 Å². The third-order valence-electron chi connectivity index (χ3n) is 3.30. The average Bonchev–Trinajstić information content (AvgIpc) is 2.40. The number of carbonyl (C=O) groups excluding carboxylic acids is 1. The van der Waals surface area contributed by atoms with E-state index in [2.05, 4.69) is 22.2 Å². The van der Waals surface area contributed by atoms with Crippen LogP contribution in [0.5, 0.6) is 0 Å². The molecule has 92 valence electrons. The molecule has 0 radical (unpaired) electrons. The molecule has 0 amide bonds. The lowest BCUT2D eigenvalue weighted by Crippen LogP contribution is -2.28. The van der Waals surface area contributed by atoms with E-state index < -0.39 is 0 Å². The molecule has 1 atom stereocenters. The quantitative estimate of drug-likeness (QED) is 0.810. The molecule has 1 unspecified atom stereocenters. The number of hydrogen-bond acceptors (Lipinski definition) is 3. The summed E-state index contributed by atoms with van der Waals surface area (Å²) in [6.45, 7) is 2.17. The molecule has 1 N–H and O–H groups in total. The summed E-state index contributed by atoms with van der Waals surface area (Å²) in [5, 5.41) is 3.41. The fourth-order valence-electron chi connectivity index (χ4n) is 2.33. The fraction of sp³-hybridized carbons (Fsp3) is 0.500. The first kappa shape index (κ1) is 12.1. The van der Waals surface area contributed by atoms with Gasteiger partial charge >= 0.3 is 5.97 Å². The molecule has 1 aliphatic rings. The third kappa shape index (κ3) is 3.30. The molecule has 1 fully saturated rings. The Morgan fingerprint density at radius 1 is 1.53 bits per heavy atom. The highest BCUT2D eigenvalue weighted by Crippen LogP contribution is 2.23. The van der Waals surface area contributed by atoms with Crippen molar-refractivity contribution in [1.29, 1.82) is 0 Å².